The van der Waals surface area contributed by atoms with Gasteiger partial charge in [0, 0.05) is 10.9 Å². The second kappa shape index (κ2) is 5.17. The molecule has 0 aliphatic carbocycles. The Morgan fingerprint density at radius 3 is 2.29 bits per heavy atom. The highest BCUT2D eigenvalue weighted by atomic mass is 35.5. The molecule has 0 amide bonds. The molecule has 0 unspecified atom stereocenters. The molecule has 21 heavy (non-hydrogen) atoms. The molecular weight excluding hydrogens is 307 g/mol. The zero-order valence-corrected chi connectivity index (χ0v) is 13.0. The highest BCUT2D eigenvalue weighted by Gasteiger charge is 2.11. The quantitative estimate of drug-likeness (QED) is 0.717. The molecule has 3 nitrogen and oxygen atoms in total. The number of benzene rings is 2. The molecule has 0 fully saturated rings. The van der Waals surface area contributed by atoms with Crippen molar-refractivity contribution in [1.82, 2.24) is 10.2 Å². The largest absolute Gasteiger partial charge is 0.272 e. The molecule has 1 heterocycles. The lowest BCUT2D eigenvalue weighted by molar-refractivity contribution is 1.02. The number of aromatic amines is 1. The van der Waals surface area contributed by atoms with Gasteiger partial charge in [0.1, 0.15) is 0 Å². The highest BCUT2D eigenvalue weighted by Crippen LogP contribution is 2.31. The van der Waals surface area contributed by atoms with Gasteiger partial charge in [-0.25, -0.2) is 5.10 Å². The average molecular weight is 319 g/mol. The van der Waals surface area contributed by atoms with Crippen molar-refractivity contribution >= 4 is 34.0 Å². The lowest BCUT2D eigenvalue weighted by atomic mass is 10.00. The molecule has 0 spiro atoms. The van der Waals surface area contributed by atoms with E-state index in [0.717, 1.165) is 22.1 Å². The SMILES string of the molecule is Cc1cc2c(-c3ccc(Cl)c(Cl)c3)n[nH]c(=O)c2cc1C. The summed E-state index contributed by atoms with van der Waals surface area (Å²) in [6.45, 7) is 3.99. The van der Waals surface area contributed by atoms with E-state index in [1.807, 2.05) is 32.0 Å². The summed E-state index contributed by atoms with van der Waals surface area (Å²) in [6.07, 6.45) is 0. The van der Waals surface area contributed by atoms with Crippen LogP contribution in [0.1, 0.15) is 11.1 Å². The predicted octanol–water partition coefficient (Wildman–Crippen LogP) is 4.51. The van der Waals surface area contributed by atoms with E-state index in [-0.39, 0.29) is 5.56 Å². The second-order valence-corrected chi connectivity index (χ2v) is 5.83. The van der Waals surface area contributed by atoms with Crippen LogP contribution in [-0.2, 0) is 0 Å². The molecule has 3 rings (SSSR count). The molecule has 0 radical (unpaired) electrons. The van der Waals surface area contributed by atoms with Crippen LogP contribution >= 0.6 is 23.2 Å². The zero-order valence-electron chi connectivity index (χ0n) is 11.5. The number of rotatable bonds is 1. The van der Waals surface area contributed by atoms with Gasteiger partial charge in [0.05, 0.1) is 21.1 Å². The van der Waals surface area contributed by atoms with Crippen molar-refractivity contribution in [3.05, 3.63) is 61.9 Å². The molecule has 1 aromatic heterocycles. The van der Waals surface area contributed by atoms with Gasteiger partial charge < -0.3 is 0 Å². The van der Waals surface area contributed by atoms with Crippen molar-refractivity contribution in [2.75, 3.05) is 0 Å². The third-order valence-corrected chi connectivity index (χ3v) is 4.33. The molecule has 1 N–H and O–H groups in total. The average Bonchev–Trinajstić information content (AvgIpc) is 2.45. The van der Waals surface area contributed by atoms with Crippen molar-refractivity contribution in [2.24, 2.45) is 0 Å². The summed E-state index contributed by atoms with van der Waals surface area (Å²) in [5, 5.41) is 9.09. The van der Waals surface area contributed by atoms with E-state index in [4.69, 9.17) is 23.2 Å². The van der Waals surface area contributed by atoms with E-state index in [1.54, 1.807) is 12.1 Å². The molecule has 3 aromatic rings. The summed E-state index contributed by atoms with van der Waals surface area (Å²) in [5.41, 5.74) is 3.48. The van der Waals surface area contributed by atoms with E-state index in [0.29, 0.717) is 21.1 Å². The van der Waals surface area contributed by atoms with E-state index in [2.05, 4.69) is 10.2 Å². The van der Waals surface area contributed by atoms with Gasteiger partial charge in [-0.1, -0.05) is 29.3 Å². The van der Waals surface area contributed by atoms with Crippen LogP contribution in [0, 0.1) is 13.8 Å². The van der Waals surface area contributed by atoms with Crippen LogP contribution in [0.15, 0.2) is 35.1 Å². The molecular formula is C16H12Cl2N2O. The minimum Gasteiger partial charge on any atom is -0.267 e. The summed E-state index contributed by atoms with van der Waals surface area (Å²) in [5.74, 6) is 0. The lowest BCUT2D eigenvalue weighted by Gasteiger charge is -2.08. The summed E-state index contributed by atoms with van der Waals surface area (Å²) >= 11 is 12.0. The molecule has 0 aliphatic heterocycles. The molecule has 0 bridgehead atoms. The minimum atomic E-state index is -0.197. The van der Waals surface area contributed by atoms with Crippen LogP contribution < -0.4 is 5.56 Å². The summed E-state index contributed by atoms with van der Waals surface area (Å²) in [4.78, 5) is 12.0. The first-order valence-corrected chi connectivity index (χ1v) is 7.18. The molecule has 2 aromatic carbocycles. The number of nitrogens with zero attached hydrogens (tertiary/aromatic N) is 1. The first-order chi connectivity index (χ1) is 9.97. The van der Waals surface area contributed by atoms with Gasteiger partial charge in [0.25, 0.3) is 5.56 Å². The first kappa shape index (κ1) is 14.1. The number of hydrogen-bond acceptors (Lipinski definition) is 2. The Morgan fingerprint density at radius 1 is 0.952 bits per heavy atom. The van der Waals surface area contributed by atoms with Crippen LogP contribution in [0.5, 0.6) is 0 Å². The molecule has 0 saturated heterocycles. The normalized spacial score (nSPS) is 11.0. The fraction of sp³-hybridized carbons (Fsp3) is 0.125. The predicted molar refractivity (Wildman–Crippen MR) is 87.3 cm³/mol. The van der Waals surface area contributed by atoms with Crippen LogP contribution in [0.3, 0.4) is 0 Å². The van der Waals surface area contributed by atoms with Crippen molar-refractivity contribution < 1.29 is 0 Å². The van der Waals surface area contributed by atoms with Gasteiger partial charge in [0.15, 0.2) is 0 Å². The van der Waals surface area contributed by atoms with Crippen LogP contribution in [-0.4, -0.2) is 10.2 Å². The third-order valence-electron chi connectivity index (χ3n) is 3.60. The number of hydrogen-bond donors (Lipinski definition) is 1. The van der Waals surface area contributed by atoms with E-state index in [9.17, 15) is 4.79 Å². The summed E-state index contributed by atoms with van der Waals surface area (Å²) < 4.78 is 0. The van der Waals surface area contributed by atoms with Crippen LogP contribution in [0.2, 0.25) is 10.0 Å². The van der Waals surface area contributed by atoms with Crippen molar-refractivity contribution in [2.45, 2.75) is 13.8 Å². The summed E-state index contributed by atoms with van der Waals surface area (Å²) in [7, 11) is 0. The third kappa shape index (κ3) is 2.43. The number of aromatic nitrogens is 2. The number of halogens is 2. The van der Waals surface area contributed by atoms with Crippen LogP contribution in [0.25, 0.3) is 22.0 Å². The Labute approximate surface area is 131 Å². The minimum absolute atomic E-state index is 0.197. The van der Waals surface area contributed by atoms with E-state index in [1.165, 1.54) is 0 Å². The Balaban J connectivity index is 2.37. The van der Waals surface area contributed by atoms with Crippen molar-refractivity contribution in [3.8, 4) is 11.3 Å². The second-order valence-electron chi connectivity index (χ2n) is 5.01. The highest BCUT2D eigenvalue weighted by molar-refractivity contribution is 6.42. The van der Waals surface area contributed by atoms with Gasteiger partial charge in [-0.15, -0.1) is 0 Å². The maximum Gasteiger partial charge on any atom is 0.272 e. The van der Waals surface area contributed by atoms with Gasteiger partial charge in [-0.05, 0) is 49.2 Å². The van der Waals surface area contributed by atoms with Gasteiger partial charge in [-0.3, -0.25) is 4.79 Å². The van der Waals surface area contributed by atoms with Crippen molar-refractivity contribution in [3.63, 3.8) is 0 Å². The van der Waals surface area contributed by atoms with Crippen LogP contribution in [0.4, 0.5) is 0 Å². The lowest BCUT2D eigenvalue weighted by Crippen LogP contribution is -2.10. The smallest absolute Gasteiger partial charge is 0.267 e. The standard InChI is InChI=1S/C16H12Cl2N2O/c1-8-5-11-12(6-9(8)2)16(21)20-19-15(11)10-3-4-13(17)14(18)7-10/h3-7H,1-2H3,(H,20,21). The summed E-state index contributed by atoms with van der Waals surface area (Å²) in [6, 6.07) is 9.17. The molecule has 0 saturated carbocycles. The Morgan fingerprint density at radius 2 is 1.62 bits per heavy atom. The number of fused-ring (bicyclic) bond motifs is 1. The maximum atomic E-state index is 12.0. The number of nitrogens with one attached hydrogen (secondary N) is 1. The topological polar surface area (TPSA) is 45.8 Å². The van der Waals surface area contributed by atoms with Crippen molar-refractivity contribution in [1.29, 1.82) is 0 Å². The Kier molecular flexibility index (Phi) is 3.47. The van der Waals surface area contributed by atoms with Gasteiger partial charge in [0.2, 0.25) is 0 Å². The molecule has 5 heteroatoms. The Bertz CT molecular complexity index is 916. The number of aryl methyl sites for hydroxylation is 2. The van der Waals surface area contributed by atoms with E-state index < -0.39 is 0 Å². The van der Waals surface area contributed by atoms with E-state index >= 15 is 0 Å². The number of H-pyrrole nitrogens is 1. The Hall–Kier alpha value is -1.84. The molecule has 0 atom stereocenters. The monoisotopic (exact) mass is 318 g/mol. The first-order valence-electron chi connectivity index (χ1n) is 6.42. The zero-order chi connectivity index (χ0) is 15.1. The van der Waals surface area contributed by atoms with Gasteiger partial charge >= 0.3 is 0 Å². The fourth-order valence-electron chi connectivity index (χ4n) is 2.29. The fourth-order valence-corrected chi connectivity index (χ4v) is 2.59. The van der Waals surface area contributed by atoms with Gasteiger partial charge in [-0.2, -0.15) is 5.10 Å². The maximum absolute atomic E-state index is 12.0. The molecule has 0 aliphatic rings. The molecule has 106 valence electrons.